The normalized spacial score (nSPS) is 10.9. The quantitative estimate of drug-likeness (QED) is 0.453. The Hall–Kier alpha value is -2.91. The van der Waals surface area contributed by atoms with E-state index in [0.717, 1.165) is 10.0 Å². The molecule has 8 nitrogen and oxygen atoms in total. The van der Waals surface area contributed by atoms with E-state index in [0.29, 0.717) is 48.7 Å². The molecule has 9 heteroatoms. The summed E-state index contributed by atoms with van der Waals surface area (Å²) in [6.07, 6.45) is 0. The molecule has 0 aliphatic rings. The molecule has 0 unspecified atom stereocenters. The molecule has 0 aliphatic heterocycles. The maximum atomic E-state index is 12.5. The number of nitrogens with one attached hydrogen (secondary N) is 1. The highest BCUT2D eigenvalue weighted by Gasteiger charge is 2.15. The highest BCUT2D eigenvalue weighted by atomic mass is 79.9. The number of rotatable bonds is 10. The summed E-state index contributed by atoms with van der Waals surface area (Å²) in [5.74, 6) is 1.94. The first kappa shape index (κ1) is 22.8. The molecule has 3 rings (SSSR count). The summed E-state index contributed by atoms with van der Waals surface area (Å²) >= 11 is 3.48. The van der Waals surface area contributed by atoms with Crippen molar-refractivity contribution >= 4 is 27.5 Å². The summed E-state index contributed by atoms with van der Waals surface area (Å²) in [6.45, 7) is 5.35. The van der Waals surface area contributed by atoms with E-state index in [4.69, 9.17) is 13.9 Å². The van der Waals surface area contributed by atoms with Crippen LogP contribution in [0.1, 0.15) is 19.7 Å². The van der Waals surface area contributed by atoms with Crippen LogP contribution in [-0.2, 0) is 11.3 Å². The minimum Gasteiger partial charge on any atom is -0.490 e. The summed E-state index contributed by atoms with van der Waals surface area (Å²) < 4.78 is 17.8. The molecule has 0 saturated carbocycles. The smallest absolute Gasteiger partial charge is 0.248 e. The number of carbonyl (C=O) groups is 1. The van der Waals surface area contributed by atoms with Crippen molar-refractivity contribution in [1.82, 2.24) is 15.1 Å². The first-order chi connectivity index (χ1) is 15.0. The zero-order chi connectivity index (χ0) is 22.2. The lowest BCUT2D eigenvalue weighted by molar-refractivity contribution is -0.117. The average molecular weight is 489 g/mol. The minimum atomic E-state index is -0.167. The van der Waals surface area contributed by atoms with Crippen LogP contribution in [0.25, 0.3) is 11.5 Å². The number of amides is 1. The lowest BCUT2D eigenvalue weighted by atomic mass is 10.2. The second-order valence-corrected chi connectivity index (χ2v) is 7.58. The fourth-order valence-electron chi connectivity index (χ4n) is 2.92. The van der Waals surface area contributed by atoms with E-state index in [1.165, 1.54) is 0 Å². The van der Waals surface area contributed by atoms with E-state index in [-0.39, 0.29) is 12.5 Å². The molecular weight excluding hydrogens is 464 g/mol. The van der Waals surface area contributed by atoms with Crippen LogP contribution in [0.4, 0.5) is 5.69 Å². The number of ether oxygens (including phenoxy) is 2. The first-order valence-corrected chi connectivity index (χ1v) is 10.7. The van der Waals surface area contributed by atoms with Gasteiger partial charge < -0.3 is 19.2 Å². The van der Waals surface area contributed by atoms with Crippen LogP contribution in [0.15, 0.2) is 51.4 Å². The van der Waals surface area contributed by atoms with Crippen molar-refractivity contribution in [3.05, 3.63) is 52.8 Å². The number of hydrogen-bond donors (Lipinski definition) is 1. The number of benzene rings is 2. The average Bonchev–Trinajstić information content (AvgIpc) is 3.18. The fourth-order valence-corrected chi connectivity index (χ4v) is 3.38. The molecule has 1 amide bonds. The van der Waals surface area contributed by atoms with Crippen LogP contribution in [0.5, 0.6) is 11.5 Å². The summed E-state index contributed by atoms with van der Waals surface area (Å²) in [5.41, 5.74) is 1.46. The van der Waals surface area contributed by atoms with Gasteiger partial charge in [0.1, 0.15) is 0 Å². The Morgan fingerprint density at radius 2 is 1.84 bits per heavy atom. The minimum absolute atomic E-state index is 0.157. The molecule has 164 valence electrons. The second kappa shape index (κ2) is 10.9. The third kappa shape index (κ3) is 6.28. The van der Waals surface area contributed by atoms with Crippen molar-refractivity contribution in [2.75, 3.05) is 32.1 Å². The number of halogens is 1. The van der Waals surface area contributed by atoms with Gasteiger partial charge in [-0.1, -0.05) is 12.1 Å². The maximum absolute atomic E-state index is 12.5. The van der Waals surface area contributed by atoms with Gasteiger partial charge in [0.25, 0.3) is 0 Å². The number of carbonyl (C=O) groups excluding carboxylic acids is 1. The molecule has 0 radical (unpaired) electrons. The van der Waals surface area contributed by atoms with Crippen molar-refractivity contribution in [2.24, 2.45) is 0 Å². The summed E-state index contributed by atoms with van der Waals surface area (Å²) in [6, 6.07) is 13.0. The Balaban J connectivity index is 1.58. The zero-order valence-corrected chi connectivity index (χ0v) is 19.3. The predicted molar refractivity (Wildman–Crippen MR) is 121 cm³/mol. The summed E-state index contributed by atoms with van der Waals surface area (Å²) in [7, 11) is 1.81. The van der Waals surface area contributed by atoms with E-state index >= 15 is 0 Å². The Morgan fingerprint density at radius 3 is 2.58 bits per heavy atom. The van der Waals surface area contributed by atoms with Crippen LogP contribution in [0.3, 0.4) is 0 Å². The molecule has 1 heterocycles. The fraction of sp³-hybridized carbons (Fsp3) is 0.318. The van der Waals surface area contributed by atoms with Gasteiger partial charge in [-0.2, -0.15) is 0 Å². The molecule has 0 fully saturated rings. The number of aromatic nitrogens is 2. The van der Waals surface area contributed by atoms with Crippen LogP contribution in [0, 0.1) is 0 Å². The first-order valence-electron chi connectivity index (χ1n) is 9.95. The third-order valence-electron chi connectivity index (χ3n) is 4.22. The van der Waals surface area contributed by atoms with Gasteiger partial charge in [-0.25, -0.2) is 0 Å². The van der Waals surface area contributed by atoms with Gasteiger partial charge in [0.15, 0.2) is 11.5 Å². The van der Waals surface area contributed by atoms with Gasteiger partial charge in [-0.3, -0.25) is 9.69 Å². The van der Waals surface area contributed by atoms with Gasteiger partial charge in [-0.15, -0.1) is 10.2 Å². The van der Waals surface area contributed by atoms with Crippen LogP contribution in [0.2, 0.25) is 0 Å². The number of anilines is 1. The third-order valence-corrected chi connectivity index (χ3v) is 4.91. The molecule has 0 atom stereocenters. The van der Waals surface area contributed by atoms with Crippen molar-refractivity contribution < 1.29 is 18.7 Å². The molecule has 0 saturated heterocycles. The van der Waals surface area contributed by atoms with Gasteiger partial charge in [-0.05, 0) is 61.1 Å². The number of likely N-dealkylation sites (N-methyl/N-ethyl adjacent to an activating group) is 1. The Kier molecular flexibility index (Phi) is 8.02. The van der Waals surface area contributed by atoms with Crippen molar-refractivity contribution in [3.8, 4) is 23.0 Å². The molecule has 3 aromatic rings. The van der Waals surface area contributed by atoms with Crippen LogP contribution >= 0.6 is 15.9 Å². The van der Waals surface area contributed by atoms with Gasteiger partial charge in [0, 0.05) is 16.2 Å². The number of hydrogen-bond acceptors (Lipinski definition) is 7. The maximum Gasteiger partial charge on any atom is 0.248 e. The molecular formula is C22H25BrN4O4. The van der Waals surface area contributed by atoms with Crippen LogP contribution in [-0.4, -0.2) is 47.8 Å². The molecule has 1 N–H and O–H groups in total. The molecule has 0 bridgehead atoms. The van der Waals surface area contributed by atoms with Crippen LogP contribution < -0.4 is 14.8 Å². The van der Waals surface area contributed by atoms with Crippen molar-refractivity contribution in [2.45, 2.75) is 20.4 Å². The second-order valence-electron chi connectivity index (χ2n) is 6.73. The van der Waals surface area contributed by atoms with E-state index in [1.54, 1.807) is 23.1 Å². The topological polar surface area (TPSA) is 89.7 Å². The Morgan fingerprint density at radius 1 is 1.10 bits per heavy atom. The molecule has 0 spiro atoms. The lowest BCUT2D eigenvalue weighted by Crippen LogP contribution is -2.30. The van der Waals surface area contributed by atoms with Crippen molar-refractivity contribution in [3.63, 3.8) is 0 Å². The molecule has 0 aliphatic carbocycles. The highest BCUT2D eigenvalue weighted by Crippen LogP contribution is 2.30. The molecule has 1 aromatic heterocycles. The summed E-state index contributed by atoms with van der Waals surface area (Å²) in [5, 5.41) is 11.1. The van der Waals surface area contributed by atoms with Gasteiger partial charge in [0.2, 0.25) is 17.7 Å². The zero-order valence-electron chi connectivity index (χ0n) is 17.7. The largest absolute Gasteiger partial charge is 0.490 e. The summed E-state index contributed by atoms with van der Waals surface area (Å²) in [4.78, 5) is 14.3. The predicted octanol–water partition coefficient (Wildman–Crippen LogP) is 4.37. The van der Waals surface area contributed by atoms with E-state index in [1.807, 2.05) is 45.2 Å². The Bertz CT molecular complexity index is 1020. The van der Waals surface area contributed by atoms with E-state index in [2.05, 4.69) is 31.4 Å². The standard InChI is InChI=1S/C22H25BrN4O4/c1-4-29-18-11-10-15(12-19(18)30-5-2)24-20(28)13-27(3)14-21-25-26-22(31-21)16-8-6-7-9-17(16)23/h6-12H,4-5,13-14H2,1-3H3,(H,24,28). The Labute approximate surface area is 189 Å². The SMILES string of the molecule is CCOc1ccc(NC(=O)CN(C)Cc2nnc(-c3ccccc3Br)o2)cc1OCC. The van der Waals surface area contributed by atoms with Crippen molar-refractivity contribution in [1.29, 1.82) is 0 Å². The van der Waals surface area contributed by atoms with E-state index < -0.39 is 0 Å². The molecule has 31 heavy (non-hydrogen) atoms. The highest BCUT2D eigenvalue weighted by molar-refractivity contribution is 9.10. The molecule has 2 aromatic carbocycles. The van der Waals surface area contributed by atoms with Gasteiger partial charge in [0.05, 0.1) is 31.9 Å². The monoisotopic (exact) mass is 488 g/mol. The lowest BCUT2D eigenvalue weighted by Gasteiger charge is -2.15. The van der Waals surface area contributed by atoms with Gasteiger partial charge >= 0.3 is 0 Å². The number of nitrogens with zero attached hydrogens (tertiary/aromatic N) is 3. The van der Waals surface area contributed by atoms with E-state index in [9.17, 15) is 4.79 Å².